The van der Waals surface area contributed by atoms with E-state index in [2.05, 4.69) is 15.5 Å². The van der Waals surface area contributed by atoms with Crippen LogP contribution in [-0.4, -0.2) is 36.8 Å². The monoisotopic (exact) mass is 533 g/mol. The highest BCUT2D eigenvalue weighted by Gasteiger charge is 2.19. The maximum absolute atomic E-state index is 13.2. The van der Waals surface area contributed by atoms with Crippen LogP contribution in [0.1, 0.15) is 33.3 Å². The number of hydrazone groups is 1. The molecule has 0 aliphatic rings. The zero-order chi connectivity index (χ0) is 27.9. The van der Waals surface area contributed by atoms with Gasteiger partial charge in [-0.3, -0.25) is 4.79 Å². The summed E-state index contributed by atoms with van der Waals surface area (Å²) in [7, 11) is 1.56. The van der Waals surface area contributed by atoms with E-state index in [4.69, 9.17) is 14.2 Å². The van der Waals surface area contributed by atoms with Gasteiger partial charge < -0.3 is 19.2 Å². The fourth-order valence-electron chi connectivity index (χ4n) is 4.28. The van der Waals surface area contributed by atoms with E-state index in [0.717, 1.165) is 22.0 Å². The molecule has 0 aliphatic carbocycles. The summed E-state index contributed by atoms with van der Waals surface area (Å²) < 4.78 is 16.4. The molecule has 0 unspecified atom stereocenters. The molecule has 1 aromatic heterocycles. The number of ether oxygens (including phenoxy) is 3. The van der Waals surface area contributed by atoms with E-state index in [0.29, 0.717) is 34.9 Å². The number of aromatic amines is 1. The van der Waals surface area contributed by atoms with Crippen molar-refractivity contribution in [3.8, 4) is 28.4 Å². The van der Waals surface area contributed by atoms with Crippen molar-refractivity contribution in [1.29, 1.82) is 0 Å². The number of H-pyrrole nitrogens is 1. The van der Waals surface area contributed by atoms with Gasteiger partial charge in [0.2, 0.25) is 0 Å². The molecule has 0 atom stereocenters. The fraction of sp³-hybridized carbons (Fsp3) is 0.0938. The lowest BCUT2D eigenvalue weighted by Crippen LogP contribution is -2.18. The van der Waals surface area contributed by atoms with Gasteiger partial charge in [-0.2, -0.15) is 5.10 Å². The molecular formula is C32H27N3O5. The lowest BCUT2D eigenvalue weighted by Gasteiger charge is -2.11. The maximum Gasteiger partial charge on any atom is 0.343 e. The second kappa shape index (κ2) is 12.0. The standard InChI is InChI=1S/C32H27N3O5/c1-3-39-28-19-21(13-18-27(28)40-32(37)23-14-16-24(38-2)17-15-23)20-33-35-31(36)30-29(22-9-5-4-6-10-22)25-11-7-8-12-26(25)34-30/h4-20,34H,3H2,1-2H3,(H,35,36). The number of nitrogens with one attached hydrogen (secondary N) is 2. The molecule has 2 N–H and O–H groups in total. The van der Waals surface area contributed by atoms with Crippen LogP contribution in [0.3, 0.4) is 0 Å². The Morgan fingerprint density at radius 3 is 2.40 bits per heavy atom. The number of nitrogens with zero attached hydrogens (tertiary/aromatic N) is 1. The third-order valence-corrected chi connectivity index (χ3v) is 6.17. The van der Waals surface area contributed by atoms with Crippen molar-refractivity contribution >= 4 is 29.0 Å². The van der Waals surface area contributed by atoms with E-state index < -0.39 is 5.97 Å². The van der Waals surface area contributed by atoms with E-state index in [9.17, 15) is 9.59 Å². The van der Waals surface area contributed by atoms with Crippen LogP contribution in [0.5, 0.6) is 17.2 Å². The summed E-state index contributed by atoms with van der Waals surface area (Å²) in [5.74, 6) is 0.394. The van der Waals surface area contributed by atoms with Crippen LogP contribution in [0, 0.1) is 0 Å². The molecule has 0 saturated heterocycles. The number of benzene rings is 4. The van der Waals surface area contributed by atoms with E-state index in [1.165, 1.54) is 6.21 Å². The summed E-state index contributed by atoms with van der Waals surface area (Å²) in [5.41, 5.74) is 6.65. The third-order valence-electron chi connectivity index (χ3n) is 6.17. The first-order chi connectivity index (χ1) is 19.6. The van der Waals surface area contributed by atoms with Gasteiger partial charge >= 0.3 is 5.97 Å². The second-order valence-electron chi connectivity index (χ2n) is 8.74. The molecule has 0 bridgehead atoms. The SMILES string of the molecule is CCOc1cc(C=NNC(=O)c2[nH]c3ccccc3c2-c2ccccc2)ccc1OC(=O)c1ccc(OC)cc1. The van der Waals surface area contributed by atoms with Crippen LogP contribution in [0.4, 0.5) is 0 Å². The van der Waals surface area contributed by atoms with Crippen LogP contribution >= 0.6 is 0 Å². The van der Waals surface area contributed by atoms with Crippen molar-refractivity contribution in [1.82, 2.24) is 10.4 Å². The number of carbonyl (C=O) groups excluding carboxylic acids is 2. The smallest absolute Gasteiger partial charge is 0.343 e. The Balaban J connectivity index is 1.33. The number of amides is 1. The van der Waals surface area contributed by atoms with Crippen molar-refractivity contribution in [3.05, 3.63) is 114 Å². The van der Waals surface area contributed by atoms with E-state index >= 15 is 0 Å². The Morgan fingerprint density at radius 2 is 1.65 bits per heavy atom. The second-order valence-corrected chi connectivity index (χ2v) is 8.74. The summed E-state index contributed by atoms with van der Waals surface area (Å²) >= 11 is 0. The molecule has 1 amide bonds. The van der Waals surface area contributed by atoms with Gasteiger partial charge in [0.05, 0.1) is 25.5 Å². The topological polar surface area (TPSA) is 102 Å². The van der Waals surface area contributed by atoms with Crippen molar-refractivity contribution in [2.24, 2.45) is 5.10 Å². The molecule has 0 saturated carbocycles. The van der Waals surface area contributed by atoms with Gasteiger partial charge in [-0.25, -0.2) is 10.2 Å². The Bertz CT molecular complexity index is 1670. The van der Waals surface area contributed by atoms with E-state index in [1.54, 1.807) is 49.6 Å². The van der Waals surface area contributed by atoms with Gasteiger partial charge in [-0.15, -0.1) is 0 Å². The lowest BCUT2D eigenvalue weighted by atomic mass is 10.0. The normalized spacial score (nSPS) is 10.9. The number of methoxy groups -OCH3 is 1. The molecule has 0 aliphatic heterocycles. The number of rotatable bonds is 9. The summed E-state index contributed by atoms with van der Waals surface area (Å²) in [6.07, 6.45) is 1.50. The van der Waals surface area contributed by atoms with Gasteiger partial charge in [-0.1, -0.05) is 48.5 Å². The quantitative estimate of drug-likeness (QED) is 0.101. The van der Waals surface area contributed by atoms with Gasteiger partial charge in [0.1, 0.15) is 11.4 Å². The minimum Gasteiger partial charge on any atom is -0.497 e. The zero-order valence-corrected chi connectivity index (χ0v) is 22.0. The summed E-state index contributed by atoms with van der Waals surface area (Å²) in [5, 5.41) is 5.11. The summed E-state index contributed by atoms with van der Waals surface area (Å²) in [4.78, 5) is 29.0. The fourth-order valence-corrected chi connectivity index (χ4v) is 4.28. The van der Waals surface area contributed by atoms with Crippen LogP contribution in [0.2, 0.25) is 0 Å². The maximum atomic E-state index is 13.2. The lowest BCUT2D eigenvalue weighted by molar-refractivity contribution is 0.0728. The van der Waals surface area contributed by atoms with E-state index in [-0.39, 0.29) is 11.7 Å². The molecule has 8 nitrogen and oxygen atoms in total. The number of hydrogen-bond donors (Lipinski definition) is 2. The number of hydrogen-bond acceptors (Lipinski definition) is 6. The number of aromatic nitrogens is 1. The molecule has 5 rings (SSSR count). The minimum atomic E-state index is -0.523. The highest BCUT2D eigenvalue weighted by atomic mass is 16.6. The Hall–Kier alpha value is -5.37. The molecule has 1 heterocycles. The largest absolute Gasteiger partial charge is 0.497 e. The predicted molar refractivity (Wildman–Crippen MR) is 154 cm³/mol. The average molecular weight is 534 g/mol. The first kappa shape index (κ1) is 26.2. The first-order valence-corrected chi connectivity index (χ1v) is 12.7. The molecule has 40 heavy (non-hydrogen) atoms. The molecule has 8 heteroatoms. The van der Waals surface area contributed by atoms with Gasteiger partial charge in [0.25, 0.3) is 5.91 Å². The van der Waals surface area contributed by atoms with Crippen molar-refractivity contribution in [2.45, 2.75) is 6.92 Å². The highest BCUT2D eigenvalue weighted by molar-refractivity contribution is 6.09. The first-order valence-electron chi connectivity index (χ1n) is 12.7. The Labute approximate surface area is 231 Å². The van der Waals surface area contributed by atoms with Gasteiger partial charge in [-0.05, 0) is 66.6 Å². The number of carbonyl (C=O) groups is 2. The minimum absolute atomic E-state index is 0.273. The van der Waals surface area contributed by atoms with Crippen LogP contribution < -0.4 is 19.6 Å². The number of para-hydroxylation sites is 1. The van der Waals surface area contributed by atoms with Gasteiger partial charge in [0.15, 0.2) is 11.5 Å². The van der Waals surface area contributed by atoms with Gasteiger partial charge in [0, 0.05) is 16.5 Å². The molecule has 0 spiro atoms. The molecule has 5 aromatic rings. The Kier molecular flexibility index (Phi) is 7.87. The average Bonchev–Trinajstić information content (AvgIpc) is 3.39. The Morgan fingerprint density at radius 1 is 0.900 bits per heavy atom. The van der Waals surface area contributed by atoms with E-state index in [1.807, 2.05) is 61.5 Å². The summed E-state index contributed by atoms with van der Waals surface area (Å²) in [6.45, 7) is 2.20. The number of fused-ring (bicyclic) bond motifs is 1. The predicted octanol–water partition coefficient (Wildman–Crippen LogP) is 6.23. The number of esters is 1. The molecular weight excluding hydrogens is 506 g/mol. The van der Waals surface area contributed by atoms with Crippen molar-refractivity contribution in [2.75, 3.05) is 13.7 Å². The van der Waals surface area contributed by atoms with Crippen LogP contribution in [0.25, 0.3) is 22.0 Å². The molecule has 4 aromatic carbocycles. The molecule has 200 valence electrons. The van der Waals surface area contributed by atoms with Crippen LogP contribution in [-0.2, 0) is 0 Å². The molecule has 0 fully saturated rings. The van der Waals surface area contributed by atoms with Crippen molar-refractivity contribution in [3.63, 3.8) is 0 Å². The third kappa shape index (κ3) is 5.71. The highest BCUT2D eigenvalue weighted by Crippen LogP contribution is 2.32. The van der Waals surface area contributed by atoms with Crippen molar-refractivity contribution < 1.29 is 23.8 Å². The van der Waals surface area contributed by atoms with Crippen LogP contribution in [0.15, 0.2) is 102 Å². The molecule has 0 radical (unpaired) electrons. The summed E-state index contributed by atoms with van der Waals surface area (Å²) in [6, 6.07) is 29.2. The zero-order valence-electron chi connectivity index (χ0n) is 22.0.